The number of piperidine rings is 1. The largest absolute Gasteiger partial charge is 0.378 e. The molecule has 7 heteroatoms. The van der Waals surface area contributed by atoms with Crippen molar-refractivity contribution >= 4 is 23.4 Å². The van der Waals surface area contributed by atoms with Gasteiger partial charge >= 0.3 is 5.69 Å². The number of aryl methyl sites for hydroxylation is 1. The summed E-state index contributed by atoms with van der Waals surface area (Å²) in [6.45, 7) is 9.25. The van der Waals surface area contributed by atoms with Crippen molar-refractivity contribution in [2.24, 2.45) is 0 Å². The molecule has 1 saturated carbocycles. The van der Waals surface area contributed by atoms with Crippen molar-refractivity contribution in [3.05, 3.63) is 34.0 Å². The van der Waals surface area contributed by atoms with E-state index in [2.05, 4.69) is 23.7 Å². The molecule has 168 valence electrons. The molecule has 2 heterocycles. The molecule has 30 heavy (non-hydrogen) atoms. The van der Waals surface area contributed by atoms with Gasteiger partial charge in [0.05, 0.1) is 11.6 Å². The van der Waals surface area contributed by atoms with Crippen molar-refractivity contribution in [1.29, 1.82) is 0 Å². The monoisotopic (exact) mass is 439 g/mol. The fourth-order valence-electron chi connectivity index (χ4n) is 5.32. The Hall–Kier alpha value is -1.37. The summed E-state index contributed by atoms with van der Waals surface area (Å²) in [7, 11) is 0. The van der Waals surface area contributed by atoms with Gasteiger partial charge in [0, 0.05) is 31.3 Å². The van der Waals surface area contributed by atoms with Gasteiger partial charge in [0.15, 0.2) is 0 Å². The molecular weight excluding hydrogens is 405 g/mol. The maximum Gasteiger partial charge on any atom is 0.326 e. The van der Waals surface area contributed by atoms with Crippen molar-refractivity contribution in [3.8, 4) is 0 Å². The minimum Gasteiger partial charge on any atom is -0.378 e. The first-order valence-corrected chi connectivity index (χ1v) is 11.2. The second-order valence-electron chi connectivity index (χ2n) is 9.23. The number of benzene rings is 1. The Bertz CT molecular complexity index is 909. The molecular formula is C23H35ClFN3O2. The number of imidazole rings is 1. The minimum absolute atomic E-state index is 0. The molecule has 0 radical (unpaired) electrons. The van der Waals surface area contributed by atoms with Crippen molar-refractivity contribution in [1.82, 2.24) is 14.5 Å². The number of rotatable bonds is 5. The van der Waals surface area contributed by atoms with E-state index in [0.29, 0.717) is 17.1 Å². The average Bonchev–Trinajstić information content (AvgIpc) is 3.04. The number of hydrogen-bond donors (Lipinski definition) is 1. The van der Waals surface area contributed by atoms with Crippen LogP contribution in [0.5, 0.6) is 0 Å². The van der Waals surface area contributed by atoms with Gasteiger partial charge in [-0.05, 0) is 76.5 Å². The van der Waals surface area contributed by atoms with E-state index in [-0.39, 0.29) is 35.5 Å². The second kappa shape index (κ2) is 9.41. The quantitative estimate of drug-likeness (QED) is 0.716. The molecule has 0 amide bonds. The lowest BCUT2D eigenvalue weighted by Crippen LogP contribution is -2.53. The lowest BCUT2D eigenvalue weighted by molar-refractivity contribution is -0.0305. The fourth-order valence-corrected chi connectivity index (χ4v) is 5.32. The highest BCUT2D eigenvalue weighted by molar-refractivity contribution is 5.85. The van der Waals surface area contributed by atoms with Gasteiger partial charge in [-0.1, -0.05) is 6.92 Å². The zero-order valence-corrected chi connectivity index (χ0v) is 19.2. The molecule has 0 atom stereocenters. The number of fused-ring (bicyclic) bond motifs is 1. The average molecular weight is 440 g/mol. The molecule has 4 rings (SSSR count). The number of halogens is 2. The van der Waals surface area contributed by atoms with E-state index in [1.807, 2.05) is 13.0 Å². The number of likely N-dealkylation sites (tertiary alicyclic amines) is 1. The number of ether oxygens (including phenoxy) is 1. The van der Waals surface area contributed by atoms with Gasteiger partial charge in [0.25, 0.3) is 0 Å². The van der Waals surface area contributed by atoms with Crippen LogP contribution in [0.25, 0.3) is 11.0 Å². The van der Waals surface area contributed by atoms with Gasteiger partial charge in [-0.3, -0.25) is 9.47 Å². The first kappa shape index (κ1) is 23.3. The third-order valence-electron chi connectivity index (χ3n) is 7.08. The predicted octanol–water partition coefficient (Wildman–Crippen LogP) is 4.96. The summed E-state index contributed by atoms with van der Waals surface area (Å²) in [4.78, 5) is 17.9. The number of nitrogens with zero attached hydrogens (tertiary/aromatic N) is 2. The Labute approximate surface area is 184 Å². The van der Waals surface area contributed by atoms with Crippen molar-refractivity contribution in [2.75, 3.05) is 19.7 Å². The van der Waals surface area contributed by atoms with Gasteiger partial charge in [-0.25, -0.2) is 9.18 Å². The molecule has 1 aliphatic carbocycles. The molecule has 1 saturated heterocycles. The van der Waals surface area contributed by atoms with Crippen LogP contribution < -0.4 is 5.69 Å². The summed E-state index contributed by atoms with van der Waals surface area (Å²) in [5.74, 6) is -0.345. The van der Waals surface area contributed by atoms with Gasteiger partial charge in [-0.15, -0.1) is 12.4 Å². The number of aromatic amines is 1. The molecule has 1 N–H and O–H groups in total. The summed E-state index contributed by atoms with van der Waals surface area (Å²) in [6, 6.07) is 3.52. The van der Waals surface area contributed by atoms with Crippen LogP contribution in [0, 0.1) is 12.7 Å². The fraction of sp³-hybridized carbons (Fsp3) is 0.696. The molecule has 2 aromatic rings. The van der Waals surface area contributed by atoms with Crippen LogP contribution in [-0.4, -0.2) is 45.8 Å². The van der Waals surface area contributed by atoms with Crippen LogP contribution in [0.2, 0.25) is 0 Å². The first-order chi connectivity index (χ1) is 13.9. The predicted molar refractivity (Wildman–Crippen MR) is 121 cm³/mol. The Morgan fingerprint density at radius 3 is 2.50 bits per heavy atom. The summed E-state index contributed by atoms with van der Waals surface area (Å²) in [5.41, 5.74) is 1.91. The van der Waals surface area contributed by atoms with E-state index in [4.69, 9.17) is 4.74 Å². The number of H-pyrrole nitrogens is 1. The lowest BCUT2D eigenvalue weighted by Gasteiger charge is -2.48. The summed E-state index contributed by atoms with van der Waals surface area (Å²) >= 11 is 0. The van der Waals surface area contributed by atoms with Crippen LogP contribution in [-0.2, 0) is 4.74 Å². The minimum atomic E-state index is -0.345. The maximum absolute atomic E-state index is 14.3. The van der Waals surface area contributed by atoms with Crippen LogP contribution in [0.15, 0.2) is 16.9 Å². The second-order valence-corrected chi connectivity index (χ2v) is 9.23. The number of aromatic nitrogens is 2. The highest BCUT2D eigenvalue weighted by Gasteiger charge is 2.38. The molecule has 0 spiro atoms. The molecule has 2 aliphatic rings. The topological polar surface area (TPSA) is 50.3 Å². The molecule has 1 aliphatic heterocycles. The zero-order valence-electron chi connectivity index (χ0n) is 18.4. The van der Waals surface area contributed by atoms with E-state index in [1.165, 1.54) is 18.9 Å². The highest BCUT2D eigenvalue weighted by atomic mass is 35.5. The SMILES string of the molecule is CCCOC1CCC(C)(N2CCC(n3c(=O)[nH]c4c(F)cc(C)cc43)CC2)CC1.Cl. The van der Waals surface area contributed by atoms with Crippen molar-refractivity contribution in [2.45, 2.75) is 83.4 Å². The number of hydrogen-bond acceptors (Lipinski definition) is 3. The highest BCUT2D eigenvalue weighted by Crippen LogP contribution is 2.38. The van der Waals surface area contributed by atoms with Gasteiger partial charge < -0.3 is 9.72 Å². The Kier molecular flexibility index (Phi) is 7.31. The van der Waals surface area contributed by atoms with E-state index < -0.39 is 0 Å². The molecule has 0 unspecified atom stereocenters. The summed E-state index contributed by atoms with van der Waals surface area (Å²) in [6.07, 6.45) is 7.96. The summed E-state index contributed by atoms with van der Waals surface area (Å²) in [5, 5.41) is 0. The lowest BCUT2D eigenvalue weighted by atomic mass is 9.79. The zero-order chi connectivity index (χ0) is 20.6. The van der Waals surface area contributed by atoms with Gasteiger partial charge in [0.2, 0.25) is 0 Å². The molecule has 0 bridgehead atoms. The van der Waals surface area contributed by atoms with Crippen LogP contribution >= 0.6 is 12.4 Å². The van der Waals surface area contributed by atoms with Gasteiger partial charge in [-0.2, -0.15) is 0 Å². The van der Waals surface area contributed by atoms with E-state index in [0.717, 1.165) is 57.4 Å². The van der Waals surface area contributed by atoms with Crippen LogP contribution in [0.3, 0.4) is 0 Å². The van der Waals surface area contributed by atoms with E-state index in [9.17, 15) is 9.18 Å². The van der Waals surface area contributed by atoms with Crippen LogP contribution in [0.4, 0.5) is 4.39 Å². The van der Waals surface area contributed by atoms with Crippen LogP contribution in [0.1, 0.15) is 70.4 Å². The standard InChI is InChI=1S/C23H34FN3O2.ClH/c1-4-13-29-18-5-9-23(3,10-6-18)26-11-7-17(8-12-26)27-20-15-16(2)14-19(24)21(20)25-22(27)28;/h14-15,17-18H,4-13H2,1-3H3,(H,25,28);1H. The molecule has 1 aromatic heterocycles. The Morgan fingerprint density at radius 2 is 1.87 bits per heavy atom. The Morgan fingerprint density at radius 1 is 1.20 bits per heavy atom. The molecule has 2 fully saturated rings. The number of nitrogens with one attached hydrogen (secondary N) is 1. The third-order valence-corrected chi connectivity index (χ3v) is 7.08. The summed E-state index contributed by atoms with van der Waals surface area (Å²) < 4.78 is 22.0. The van der Waals surface area contributed by atoms with Crippen molar-refractivity contribution in [3.63, 3.8) is 0 Å². The first-order valence-electron chi connectivity index (χ1n) is 11.2. The molecule has 5 nitrogen and oxygen atoms in total. The smallest absolute Gasteiger partial charge is 0.326 e. The van der Waals surface area contributed by atoms with Gasteiger partial charge in [0.1, 0.15) is 11.3 Å². The maximum atomic E-state index is 14.3. The normalized spacial score (nSPS) is 26.1. The Balaban J connectivity index is 0.00000256. The molecule has 1 aromatic carbocycles. The van der Waals surface area contributed by atoms with Crippen molar-refractivity contribution < 1.29 is 9.13 Å². The third kappa shape index (κ3) is 4.46. The van der Waals surface area contributed by atoms with E-state index in [1.54, 1.807) is 4.57 Å². The van der Waals surface area contributed by atoms with E-state index >= 15 is 0 Å².